The molecular weight excluding hydrogens is 424 g/mol. The zero-order valence-corrected chi connectivity index (χ0v) is 18.8. The van der Waals surface area contributed by atoms with Gasteiger partial charge in [-0.1, -0.05) is 36.4 Å². The van der Waals surface area contributed by atoms with E-state index >= 15 is 0 Å². The van der Waals surface area contributed by atoms with Gasteiger partial charge in [0.15, 0.2) is 0 Å². The summed E-state index contributed by atoms with van der Waals surface area (Å²) < 4.78 is 11.8. The Labute approximate surface area is 199 Å². The smallest absolute Gasteiger partial charge is 0.230 e. The van der Waals surface area contributed by atoms with E-state index in [0.29, 0.717) is 18.9 Å². The number of pyridine rings is 1. The lowest BCUT2D eigenvalue weighted by Gasteiger charge is -2.23. The maximum atomic E-state index is 12.9. The van der Waals surface area contributed by atoms with E-state index in [2.05, 4.69) is 4.98 Å². The number of rotatable bonds is 9. The minimum absolute atomic E-state index is 0.134. The van der Waals surface area contributed by atoms with Gasteiger partial charge in [0.25, 0.3) is 0 Å². The highest BCUT2D eigenvalue weighted by Gasteiger charge is 2.34. The number of amides is 1. The average molecular weight is 451 g/mol. The molecule has 1 amide bonds. The molecule has 1 saturated carbocycles. The van der Waals surface area contributed by atoms with Crippen LogP contribution in [-0.4, -0.2) is 10.9 Å². The Bertz CT molecular complexity index is 1210. The van der Waals surface area contributed by atoms with Gasteiger partial charge < -0.3 is 14.4 Å². The predicted molar refractivity (Wildman–Crippen MR) is 132 cm³/mol. The lowest BCUT2D eigenvalue weighted by Crippen LogP contribution is -2.31. The highest BCUT2D eigenvalue weighted by atomic mass is 16.5. The molecular formula is C29H26N2O3. The lowest BCUT2D eigenvalue weighted by atomic mass is 10.2. The molecule has 0 spiro atoms. The normalized spacial score (nSPS) is 12.7. The first-order chi connectivity index (χ1) is 16.7. The highest BCUT2D eigenvalue weighted by molar-refractivity contribution is 5.96. The first-order valence-electron chi connectivity index (χ1n) is 11.5. The Morgan fingerprint density at radius 3 is 2.09 bits per heavy atom. The van der Waals surface area contributed by atoms with Gasteiger partial charge in [0.1, 0.15) is 23.9 Å². The predicted octanol–water partition coefficient (Wildman–Crippen LogP) is 6.40. The average Bonchev–Trinajstić information content (AvgIpc) is 3.74. The number of ether oxygens (including phenoxy) is 2. The van der Waals surface area contributed by atoms with Crippen molar-refractivity contribution < 1.29 is 14.3 Å². The van der Waals surface area contributed by atoms with E-state index in [0.717, 1.165) is 41.2 Å². The summed E-state index contributed by atoms with van der Waals surface area (Å²) >= 11 is 0. The van der Waals surface area contributed by atoms with Gasteiger partial charge in [0.2, 0.25) is 5.91 Å². The number of hydrogen-bond donors (Lipinski definition) is 0. The van der Waals surface area contributed by atoms with Crippen LogP contribution in [0, 0.1) is 5.92 Å². The molecule has 0 atom stereocenters. The molecule has 5 heteroatoms. The van der Waals surface area contributed by atoms with E-state index in [1.807, 2.05) is 95.9 Å². The number of benzene rings is 3. The third-order valence-corrected chi connectivity index (χ3v) is 5.71. The second kappa shape index (κ2) is 10.2. The van der Waals surface area contributed by atoms with Crippen molar-refractivity contribution in [1.82, 2.24) is 4.98 Å². The second-order valence-corrected chi connectivity index (χ2v) is 8.40. The molecule has 1 aromatic heterocycles. The lowest BCUT2D eigenvalue weighted by molar-refractivity contribution is -0.119. The van der Waals surface area contributed by atoms with Crippen LogP contribution in [0.4, 0.5) is 5.69 Å². The summed E-state index contributed by atoms with van der Waals surface area (Å²) in [5, 5.41) is 0. The molecule has 1 heterocycles. The Balaban J connectivity index is 1.22. The van der Waals surface area contributed by atoms with Crippen molar-refractivity contribution >= 4 is 11.6 Å². The molecule has 0 radical (unpaired) electrons. The van der Waals surface area contributed by atoms with E-state index in [4.69, 9.17) is 9.47 Å². The fourth-order valence-corrected chi connectivity index (χ4v) is 3.70. The van der Waals surface area contributed by atoms with Crippen LogP contribution < -0.4 is 14.4 Å². The van der Waals surface area contributed by atoms with Crippen molar-refractivity contribution in [2.75, 3.05) is 4.90 Å². The van der Waals surface area contributed by atoms with Crippen molar-refractivity contribution in [1.29, 1.82) is 0 Å². The molecule has 5 nitrogen and oxygen atoms in total. The second-order valence-electron chi connectivity index (χ2n) is 8.40. The van der Waals surface area contributed by atoms with E-state index < -0.39 is 0 Å². The molecule has 0 saturated heterocycles. The summed E-state index contributed by atoms with van der Waals surface area (Å²) in [5.41, 5.74) is 2.99. The minimum atomic E-state index is 0.134. The van der Waals surface area contributed by atoms with E-state index in [9.17, 15) is 4.79 Å². The largest absolute Gasteiger partial charge is 0.489 e. The quantitative estimate of drug-likeness (QED) is 0.296. The van der Waals surface area contributed by atoms with Crippen molar-refractivity contribution in [3.63, 3.8) is 0 Å². The Kier molecular flexibility index (Phi) is 6.52. The molecule has 1 fully saturated rings. The highest BCUT2D eigenvalue weighted by Crippen LogP contribution is 2.34. The number of anilines is 1. The van der Waals surface area contributed by atoms with Gasteiger partial charge in [0.05, 0.1) is 6.54 Å². The number of nitrogens with zero attached hydrogens (tertiary/aromatic N) is 2. The maximum Gasteiger partial charge on any atom is 0.230 e. The monoisotopic (exact) mass is 450 g/mol. The number of aromatic nitrogens is 1. The van der Waals surface area contributed by atoms with E-state index in [1.165, 1.54) is 0 Å². The molecule has 4 aromatic rings. The fraction of sp³-hybridized carbons (Fsp3) is 0.172. The topological polar surface area (TPSA) is 51.7 Å². The van der Waals surface area contributed by atoms with E-state index in [-0.39, 0.29) is 11.8 Å². The summed E-state index contributed by atoms with van der Waals surface area (Å²) in [4.78, 5) is 18.9. The summed E-state index contributed by atoms with van der Waals surface area (Å²) in [7, 11) is 0. The molecule has 0 unspecified atom stereocenters. The summed E-state index contributed by atoms with van der Waals surface area (Å²) in [6.45, 7) is 1.03. The Hall–Kier alpha value is -4.12. The minimum Gasteiger partial charge on any atom is -0.489 e. The van der Waals surface area contributed by atoms with Gasteiger partial charge in [-0.2, -0.15) is 0 Å². The molecule has 0 bridgehead atoms. The number of carbonyl (C=O) groups excluding carboxylic acids is 1. The van der Waals surface area contributed by atoms with Crippen LogP contribution in [0.25, 0.3) is 0 Å². The first kappa shape index (κ1) is 21.7. The van der Waals surface area contributed by atoms with Gasteiger partial charge in [-0.3, -0.25) is 9.78 Å². The SMILES string of the molecule is O=C(C1CC1)N(Cc1cccnc1)c1ccc(Oc2ccc(OCc3ccccc3)cc2)cc1. The van der Waals surface area contributed by atoms with Crippen LogP contribution in [0.5, 0.6) is 17.2 Å². The summed E-state index contributed by atoms with van der Waals surface area (Å²) in [6, 6.07) is 29.2. The van der Waals surface area contributed by atoms with Gasteiger partial charge in [-0.05, 0) is 78.6 Å². The van der Waals surface area contributed by atoms with Gasteiger partial charge in [0, 0.05) is 24.0 Å². The van der Waals surface area contributed by atoms with Crippen LogP contribution in [-0.2, 0) is 17.9 Å². The van der Waals surface area contributed by atoms with Crippen LogP contribution in [0.2, 0.25) is 0 Å². The first-order valence-corrected chi connectivity index (χ1v) is 11.5. The molecule has 34 heavy (non-hydrogen) atoms. The molecule has 0 N–H and O–H groups in total. The Morgan fingerprint density at radius 2 is 1.44 bits per heavy atom. The van der Waals surface area contributed by atoms with Crippen molar-refractivity contribution in [2.45, 2.75) is 26.0 Å². The van der Waals surface area contributed by atoms with Crippen LogP contribution >= 0.6 is 0 Å². The number of hydrogen-bond acceptors (Lipinski definition) is 4. The molecule has 1 aliphatic rings. The molecule has 1 aliphatic carbocycles. The van der Waals surface area contributed by atoms with Crippen molar-refractivity contribution in [3.05, 3.63) is 115 Å². The third kappa shape index (κ3) is 5.62. The zero-order valence-electron chi connectivity index (χ0n) is 18.8. The van der Waals surface area contributed by atoms with Gasteiger partial charge in [-0.25, -0.2) is 0 Å². The van der Waals surface area contributed by atoms with Crippen LogP contribution in [0.3, 0.4) is 0 Å². The molecule has 0 aliphatic heterocycles. The van der Waals surface area contributed by atoms with E-state index in [1.54, 1.807) is 12.4 Å². The number of carbonyl (C=O) groups is 1. The molecule has 5 rings (SSSR count). The Morgan fingerprint density at radius 1 is 0.794 bits per heavy atom. The van der Waals surface area contributed by atoms with Crippen LogP contribution in [0.1, 0.15) is 24.0 Å². The molecule has 170 valence electrons. The van der Waals surface area contributed by atoms with Crippen molar-refractivity contribution in [2.24, 2.45) is 5.92 Å². The zero-order chi connectivity index (χ0) is 23.2. The fourth-order valence-electron chi connectivity index (χ4n) is 3.70. The van der Waals surface area contributed by atoms with Gasteiger partial charge >= 0.3 is 0 Å². The standard InChI is InChI=1S/C29H26N2O3/c32-29(24-8-9-24)31(20-23-7-4-18-30-19-23)25-10-12-27(13-11-25)34-28-16-14-26(15-17-28)33-21-22-5-2-1-3-6-22/h1-7,10-19,24H,8-9,20-21H2. The third-order valence-electron chi connectivity index (χ3n) is 5.71. The summed E-state index contributed by atoms with van der Waals surface area (Å²) in [6.07, 6.45) is 5.48. The van der Waals surface area contributed by atoms with Gasteiger partial charge in [-0.15, -0.1) is 0 Å². The maximum absolute atomic E-state index is 12.9. The van der Waals surface area contributed by atoms with Crippen molar-refractivity contribution in [3.8, 4) is 17.2 Å². The summed E-state index contributed by atoms with van der Waals surface area (Å²) in [5.74, 6) is 2.53. The van der Waals surface area contributed by atoms with Crippen LogP contribution in [0.15, 0.2) is 103 Å². The molecule has 3 aromatic carbocycles.